The lowest BCUT2D eigenvalue weighted by Crippen LogP contribution is -2.12. The zero-order chi connectivity index (χ0) is 18.0. The lowest BCUT2D eigenvalue weighted by Gasteiger charge is -2.16. The molecule has 0 fully saturated rings. The molecule has 0 radical (unpaired) electrons. The molecule has 6 heteroatoms. The van der Waals surface area contributed by atoms with Gasteiger partial charge in [-0.05, 0) is 30.0 Å². The molecule has 0 aliphatic carbocycles. The van der Waals surface area contributed by atoms with Crippen LogP contribution in [0.2, 0.25) is 0 Å². The normalized spacial score (nSPS) is 10.7. The maximum atomic E-state index is 12.7. The standard InChI is InChI=1S/C19H18N2O4/c1-11-6-4-8-14(24-2)16(11)18-13(10-20-23)12-7-5-9-15(25-3)17(12)19(22)21-18/h4-9H,10H2,1-3H3,(H,21,22). The zero-order valence-corrected chi connectivity index (χ0v) is 14.3. The molecule has 0 spiro atoms. The average molecular weight is 338 g/mol. The topological polar surface area (TPSA) is 80.8 Å². The summed E-state index contributed by atoms with van der Waals surface area (Å²) in [6.45, 7) is 1.84. The van der Waals surface area contributed by atoms with Crippen molar-refractivity contribution in [2.24, 2.45) is 5.18 Å². The predicted molar refractivity (Wildman–Crippen MR) is 97.3 cm³/mol. The highest BCUT2D eigenvalue weighted by atomic mass is 16.5. The Morgan fingerprint density at radius 1 is 1.04 bits per heavy atom. The van der Waals surface area contributed by atoms with Gasteiger partial charge in [0.2, 0.25) is 0 Å². The number of hydrogen-bond donors (Lipinski definition) is 1. The monoisotopic (exact) mass is 338 g/mol. The molecule has 1 aromatic heterocycles. The Morgan fingerprint density at radius 3 is 2.40 bits per heavy atom. The van der Waals surface area contributed by atoms with Gasteiger partial charge in [0.25, 0.3) is 5.56 Å². The second kappa shape index (κ2) is 6.76. The molecule has 2 aromatic carbocycles. The van der Waals surface area contributed by atoms with E-state index in [0.717, 1.165) is 11.1 Å². The number of ether oxygens (including phenoxy) is 2. The summed E-state index contributed by atoms with van der Waals surface area (Å²) in [7, 11) is 3.07. The lowest BCUT2D eigenvalue weighted by atomic mass is 9.96. The SMILES string of the molecule is COc1cccc(C)c1-c1[nH]c(=O)c2c(OC)cccc2c1CN=O. The van der Waals surface area contributed by atoms with Crippen LogP contribution in [0, 0.1) is 11.8 Å². The molecule has 128 valence electrons. The molecule has 0 amide bonds. The van der Waals surface area contributed by atoms with Crippen molar-refractivity contribution < 1.29 is 9.47 Å². The van der Waals surface area contributed by atoms with Crippen molar-refractivity contribution >= 4 is 10.8 Å². The van der Waals surface area contributed by atoms with Gasteiger partial charge >= 0.3 is 0 Å². The first-order chi connectivity index (χ1) is 12.1. The minimum absolute atomic E-state index is 0.0761. The molecular weight excluding hydrogens is 320 g/mol. The summed E-state index contributed by atoms with van der Waals surface area (Å²) in [6.07, 6.45) is 0. The van der Waals surface area contributed by atoms with Crippen LogP contribution in [0.25, 0.3) is 22.0 Å². The number of methoxy groups -OCH3 is 2. The van der Waals surface area contributed by atoms with Crippen molar-refractivity contribution in [2.75, 3.05) is 14.2 Å². The van der Waals surface area contributed by atoms with E-state index in [1.807, 2.05) is 25.1 Å². The highest BCUT2D eigenvalue weighted by Gasteiger charge is 2.19. The molecule has 0 saturated heterocycles. The van der Waals surface area contributed by atoms with Crippen molar-refractivity contribution in [3.8, 4) is 22.8 Å². The van der Waals surface area contributed by atoms with Crippen molar-refractivity contribution in [2.45, 2.75) is 13.5 Å². The fourth-order valence-corrected chi connectivity index (χ4v) is 3.15. The third-order valence-electron chi connectivity index (χ3n) is 4.27. The molecule has 25 heavy (non-hydrogen) atoms. The van der Waals surface area contributed by atoms with Crippen molar-refractivity contribution in [3.63, 3.8) is 0 Å². The number of nitroso groups, excluding NO2 is 1. The van der Waals surface area contributed by atoms with E-state index in [4.69, 9.17) is 9.47 Å². The Morgan fingerprint density at radius 2 is 1.72 bits per heavy atom. The minimum Gasteiger partial charge on any atom is -0.496 e. The summed E-state index contributed by atoms with van der Waals surface area (Å²) in [5.74, 6) is 1.07. The second-order valence-electron chi connectivity index (χ2n) is 5.63. The van der Waals surface area contributed by atoms with Crippen LogP contribution in [0.3, 0.4) is 0 Å². The van der Waals surface area contributed by atoms with Gasteiger partial charge in [-0.1, -0.05) is 29.4 Å². The first-order valence-electron chi connectivity index (χ1n) is 7.77. The number of H-pyrrole nitrogens is 1. The summed E-state index contributed by atoms with van der Waals surface area (Å²) in [5.41, 5.74) is 2.55. The van der Waals surface area contributed by atoms with E-state index in [9.17, 15) is 9.70 Å². The van der Waals surface area contributed by atoms with E-state index in [-0.39, 0.29) is 12.1 Å². The van der Waals surface area contributed by atoms with E-state index in [1.165, 1.54) is 7.11 Å². The van der Waals surface area contributed by atoms with Crippen molar-refractivity contribution in [3.05, 3.63) is 62.8 Å². The average Bonchev–Trinajstić information content (AvgIpc) is 2.63. The van der Waals surface area contributed by atoms with Crippen LogP contribution in [0.4, 0.5) is 0 Å². The van der Waals surface area contributed by atoms with Gasteiger partial charge in [-0.3, -0.25) is 4.79 Å². The molecule has 0 saturated carbocycles. The van der Waals surface area contributed by atoms with E-state index < -0.39 is 0 Å². The zero-order valence-electron chi connectivity index (χ0n) is 14.3. The summed E-state index contributed by atoms with van der Waals surface area (Å²) in [4.78, 5) is 26.7. The highest BCUT2D eigenvalue weighted by molar-refractivity contribution is 5.94. The van der Waals surface area contributed by atoms with Gasteiger partial charge < -0.3 is 14.5 Å². The summed E-state index contributed by atoms with van der Waals surface area (Å²) in [5, 5.41) is 4.10. The Labute approximate surface area is 144 Å². The number of nitrogens with one attached hydrogen (secondary N) is 1. The highest BCUT2D eigenvalue weighted by Crippen LogP contribution is 2.37. The number of hydrogen-bond acceptors (Lipinski definition) is 5. The van der Waals surface area contributed by atoms with Gasteiger partial charge in [0.1, 0.15) is 18.0 Å². The third-order valence-corrected chi connectivity index (χ3v) is 4.27. The number of aromatic amines is 1. The molecule has 0 bridgehead atoms. The Balaban J connectivity index is 2.47. The molecule has 3 aromatic rings. The van der Waals surface area contributed by atoms with Crippen molar-refractivity contribution in [1.82, 2.24) is 4.98 Å². The molecule has 1 heterocycles. The smallest absolute Gasteiger partial charge is 0.260 e. The van der Waals surface area contributed by atoms with E-state index in [1.54, 1.807) is 25.3 Å². The largest absolute Gasteiger partial charge is 0.496 e. The maximum Gasteiger partial charge on any atom is 0.260 e. The fourth-order valence-electron chi connectivity index (χ4n) is 3.15. The summed E-state index contributed by atoms with van der Waals surface area (Å²) < 4.78 is 10.8. The Bertz CT molecular complexity index is 1010. The van der Waals surface area contributed by atoms with Crippen LogP contribution in [-0.4, -0.2) is 19.2 Å². The number of rotatable bonds is 5. The second-order valence-corrected chi connectivity index (χ2v) is 5.63. The van der Waals surface area contributed by atoms with E-state index >= 15 is 0 Å². The maximum absolute atomic E-state index is 12.7. The Hall–Kier alpha value is -3.15. The van der Waals surface area contributed by atoms with Gasteiger partial charge in [0.15, 0.2) is 0 Å². The molecule has 0 atom stereocenters. The molecule has 0 unspecified atom stereocenters. The van der Waals surface area contributed by atoms with Crippen molar-refractivity contribution in [1.29, 1.82) is 0 Å². The van der Waals surface area contributed by atoms with Crippen LogP contribution < -0.4 is 15.0 Å². The van der Waals surface area contributed by atoms with Gasteiger partial charge in [-0.2, -0.15) is 4.91 Å². The molecule has 6 nitrogen and oxygen atoms in total. The molecular formula is C19H18N2O4. The minimum atomic E-state index is -0.289. The van der Waals surface area contributed by atoms with Crippen LogP contribution in [0.15, 0.2) is 46.4 Å². The van der Waals surface area contributed by atoms with Crippen LogP contribution in [0.5, 0.6) is 11.5 Å². The molecule has 3 rings (SSSR count). The van der Waals surface area contributed by atoms with Crippen LogP contribution >= 0.6 is 0 Å². The van der Waals surface area contributed by atoms with Gasteiger partial charge in [0.05, 0.1) is 25.3 Å². The van der Waals surface area contributed by atoms with E-state index in [0.29, 0.717) is 33.5 Å². The van der Waals surface area contributed by atoms with Gasteiger partial charge in [-0.25, -0.2) is 0 Å². The number of pyridine rings is 1. The quantitative estimate of drug-likeness (QED) is 0.718. The van der Waals surface area contributed by atoms with Gasteiger partial charge in [0, 0.05) is 11.1 Å². The van der Waals surface area contributed by atoms with Crippen LogP contribution in [0.1, 0.15) is 11.1 Å². The summed E-state index contributed by atoms with van der Waals surface area (Å²) in [6, 6.07) is 10.9. The summed E-state index contributed by atoms with van der Waals surface area (Å²) >= 11 is 0. The number of nitrogens with zero attached hydrogens (tertiary/aromatic N) is 1. The number of benzene rings is 2. The first kappa shape index (κ1) is 16.7. The number of aromatic nitrogens is 1. The third kappa shape index (κ3) is 2.76. The molecule has 0 aliphatic heterocycles. The fraction of sp³-hybridized carbons (Fsp3) is 0.211. The first-order valence-corrected chi connectivity index (χ1v) is 7.77. The van der Waals surface area contributed by atoms with Crippen LogP contribution in [-0.2, 0) is 6.54 Å². The lowest BCUT2D eigenvalue weighted by molar-refractivity contribution is 0.416. The number of aryl methyl sites for hydroxylation is 1. The number of fused-ring (bicyclic) bond motifs is 1. The predicted octanol–water partition coefficient (Wildman–Crippen LogP) is 3.79. The Kier molecular flexibility index (Phi) is 4.52. The molecule has 0 aliphatic rings. The van der Waals surface area contributed by atoms with Gasteiger partial charge in [-0.15, -0.1) is 0 Å². The van der Waals surface area contributed by atoms with E-state index in [2.05, 4.69) is 10.2 Å². The molecule has 1 N–H and O–H groups in total.